The number of fused-ring (bicyclic) bond motifs is 1. The van der Waals surface area contributed by atoms with E-state index >= 15 is 0 Å². The highest BCUT2D eigenvalue weighted by Gasteiger charge is 2.18. The topological polar surface area (TPSA) is 41.4 Å². The lowest BCUT2D eigenvalue weighted by atomic mass is 10.1. The monoisotopic (exact) mass is 170 g/mol. The number of aliphatic imine (C=N–C) groups is 1. The molecule has 62 valence electrons. The molecule has 13 heavy (non-hydrogen) atoms. The number of rotatable bonds is 0. The molecule has 0 fully saturated rings. The van der Waals surface area contributed by atoms with E-state index < -0.39 is 0 Å². The maximum Gasteiger partial charge on any atom is 0.236 e. The Morgan fingerprint density at radius 1 is 1.38 bits per heavy atom. The molecular weight excluding hydrogens is 163 g/mol. The van der Waals surface area contributed by atoms with Crippen molar-refractivity contribution in [3.8, 4) is 0 Å². The molecule has 1 aromatic rings. The van der Waals surface area contributed by atoms with Crippen LogP contribution in [0.4, 0.5) is 5.82 Å². The number of hydrogen-bond donors (Lipinski definition) is 0. The summed E-state index contributed by atoms with van der Waals surface area (Å²) in [7, 11) is 5.67. The van der Waals surface area contributed by atoms with Gasteiger partial charge in [0.2, 0.25) is 7.98 Å². The number of aromatic nitrogens is 2. The molecule has 0 spiro atoms. The second kappa shape index (κ2) is 2.69. The third-order valence-electron chi connectivity index (χ3n) is 1.86. The largest absolute Gasteiger partial charge is 0.385 e. The second-order valence-corrected chi connectivity index (χ2v) is 2.70. The third kappa shape index (κ3) is 1.12. The van der Waals surface area contributed by atoms with Crippen LogP contribution in [0.5, 0.6) is 0 Å². The first kappa shape index (κ1) is 7.98. The van der Waals surface area contributed by atoms with E-state index in [4.69, 9.17) is 7.98 Å². The van der Waals surface area contributed by atoms with E-state index in [1.54, 1.807) is 19.3 Å². The summed E-state index contributed by atoms with van der Waals surface area (Å²) in [4.78, 5) is 13.7. The maximum atomic E-state index is 5.67. The second-order valence-electron chi connectivity index (χ2n) is 2.70. The first-order valence-corrected chi connectivity index (χ1v) is 3.80. The summed E-state index contributed by atoms with van der Waals surface area (Å²) in [5.41, 5.74) is 1.26. The van der Waals surface area contributed by atoms with Gasteiger partial charge in [0.1, 0.15) is 5.69 Å². The molecule has 0 saturated heterocycles. The Morgan fingerprint density at radius 3 is 2.85 bits per heavy atom. The SMILES string of the molecule is [B]N1C(=C)c2nccnc2N=C1C. The normalized spacial score (nSPS) is 15.3. The maximum absolute atomic E-state index is 5.67. The van der Waals surface area contributed by atoms with E-state index in [9.17, 15) is 0 Å². The fraction of sp³-hybridized carbons (Fsp3) is 0.125. The minimum Gasteiger partial charge on any atom is -0.385 e. The van der Waals surface area contributed by atoms with Gasteiger partial charge in [-0.25, -0.2) is 15.0 Å². The van der Waals surface area contributed by atoms with Crippen LogP contribution in [0.25, 0.3) is 5.70 Å². The number of nitrogens with zero attached hydrogens (tertiary/aromatic N) is 4. The summed E-state index contributed by atoms with van der Waals surface area (Å²) in [5.74, 6) is 1.24. The van der Waals surface area contributed by atoms with Crippen LogP contribution in [-0.2, 0) is 0 Å². The van der Waals surface area contributed by atoms with Crippen molar-refractivity contribution in [1.82, 2.24) is 14.8 Å². The highest BCUT2D eigenvalue weighted by molar-refractivity contribution is 6.21. The van der Waals surface area contributed by atoms with Crippen molar-refractivity contribution in [3.05, 3.63) is 24.7 Å². The summed E-state index contributed by atoms with van der Waals surface area (Å²) in [6.07, 6.45) is 3.18. The van der Waals surface area contributed by atoms with Gasteiger partial charge in [0.25, 0.3) is 0 Å². The molecule has 0 bridgehead atoms. The molecule has 1 aromatic heterocycles. The van der Waals surface area contributed by atoms with Crippen LogP contribution in [-0.4, -0.2) is 28.6 Å². The zero-order valence-corrected chi connectivity index (χ0v) is 7.23. The Kier molecular flexibility index (Phi) is 1.65. The summed E-state index contributed by atoms with van der Waals surface area (Å²) in [5, 5.41) is 0. The zero-order valence-electron chi connectivity index (χ0n) is 7.23. The Hall–Kier alpha value is -1.65. The smallest absolute Gasteiger partial charge is 0.236 e. The first-order valence-electron chi connectivity index (χ1n) is 3.80. The van der Waals surface area contributed by atoms with Crippen molar-refractivity contribution in [2.24, 2.45) is 4.99 Å². The average molecular weight is 170 g/mol. The fourth-order valence-electron chi connectivity index (χ4n) is 1.13. The molecule has 1 aliphatic heterocycles. The van der Waals surface area contributed by atoms with E-state index in [1.807, 2.05) is 0 Å². The van der Waals surface area contributed by atoms with Gasteiger partial charge in [-0.05, 0) is 6.92 Å². The number of amidine groups is 1. The zero-order chi connectivity index (χ0) is 9.42. The van der Waals surface area contributed by atoms with Crippen molar-refractivity contribution in [2.45, 2.75) is 6.92 Å². The predicted octanol–water partition coefficient (Wildman–Crippen LogP) is 0.896. The molecule has 0 atom stereocenters. The summed E-state index contributed by atoms with van der Waals surface area (Å²) in [6.45, 7) is 5.60. The van der Waals surface area contributed by atoms with Gasteiger partial charge in [-0.3, -0.25) is 0 Å². The Balaban J connectivity index is 2.63. The highest BCUT2D eigenvalue weighted by Crippen LogP contribution is 2.27. The van der Waals surface area contributed by atoms with Crippen LogP contribution in [0, 0.1) is 0 Å². The van der Waals surface area contributed by atoms with Gasteiger partial charge in [0.15, 0.2) is 5.82 Å². The van der Waals surface area contributed by atoms with E-state index in [0.717, 1.165) is 0 Å². The molecule has 0 saturated carbocycles. The Bertz CT molecular complexity index is 399. The highest BCUT2D eigenvalue weighted by atomic mass is 15.2. The molecule has 5 heteroatoms. The molecule has 2 rings (SSSR count). The molecule has 0 aliphatic carbocycles. The van der Waals surface area contributed by atoms with Crippen molar-refractivity contribution >= 4 is 25.3 Å². The van der Waals surface area contributed by atoms with Gasteiger partial charge < -0.3 is 4.81 Å². The Labute approximate surface area is 77.5 Å². The molecule has 0 aromatic carbocycles. The van der Waals surface area contributed by atoms with Crippen LogP contribution in [0.2, 0.25) is 0 Å². The standard InChI is InChI=1S/C8H7BN4/c1-5-7-8(11-4-3-10-7)12-6(2)13(5)9/h3-4H,1H2,2H3. The van der Waals surface area contributed by atoms with Crippen molar-refractivity contribution < 1.29 is 0 Å². The fourth-order valence-corrected chi connectivity index (χ4v) is 1.13. The molecule has 2 heterocycles. The van der Waals surface area contributed by atoms with Crippen molar-refractivity contribution in [2.75, 3.05) is 0 Å². The van der Waals surface area contributed by atoms with Crippen LogP contribution in [0.3, 0.4) is 0 Å². The van der Waals surface area contributed by atoms with E-state index in [0.29, 0.717) is 23.0 Å². The Morgan fingerprint density at radius 2 is 2.08 bits per heavy atom. The van der Waals surface area contributed by atoms with Gasteiger partial charge in [0, 0.05) is 12.4 Å². The molecule has 1 aliphatic rings. The van der Waals surface area contributed by atoms with Gasteiger partial charge in [-0.2, -0.15) is 0 Å². The van der Waals surface area contributed by atoms with Crippen LogP contribution < -0.4 is 0 Å². The summed E-state index contributed by atoms with van der Waals surface area (Å²) in [6, 6.07) is 0. The van der Waals surface area contributed by atoms with E-state index in [2.05, 4.69) is 21.5 Å². The predicted molar refractivity (Wildman–Crippen MR) is 51.4 cm³/mol. The lowest BCUT2D eigenvalue weighted by Crippen LogP contribution is -2.27. The van der Waals surface area contributed by atoms with Crippen molar-refractivity contribution in [1.29, 1.82) is 0 Å². The van der Waals surface area contributed by atoms with Crippen LogP contribution in [0.15, 0.2) is 24.0 Å². The molecule has 0 amide bonds. The minimum atomic E-state index is 0.576. The molecule has 0 N–H and O–H groups in total. The molecule has 4 nitrogen and oxygen atoms in total. The van der Waals surface area contributed by atoms with Crippen LogP contribution >= 0.6 is 0 Å². The number of hydrogen-bond acceptors (Lipinski definition) is 4. The molecular formula is C8H7BN4. The van der Waals surface area contributed by atoms with Gasteiger partial charge in [0.05, 0.1) is 11.5 Å². The van der Waals surface area contributed by atoms with Gasteiger partial charge >= 0.3 is 0 Å². The quantitative estimate of drug-likeness (QED) is 0.543. The van der Waals surface area contributed by atoms with E-state index in [1.165, 1.54) is 4.81 Å². The lowest BCUT2D eigenvalue weighted by Gasteiger charge is -2.25. The lowest BCUT2D eigenvalue weighted by molar-refractivity contribution is 0.883. The molecule has 2 radical (unpaired) electrons. The minimum absolute atomic E-state index is 0.576. The average Bonchev–Trinajstić information content (AvgIpc) is 2.15. The summed E-state index contributed by atoms with van der Waals surface area (Å²) < 4.78 is 0. The van der Waals surface area contributed by atoms with Crippen molar-refractivity contribution in [3.63, 3.8) is 0 Å². The summed E-state index contributed by atoms with van der Waals surface area (Å²) >= 11 is 0. The van der Waals surface area contributed by atoms with Gasteiger partial charge in [-0.1, -0.05) is 6.58 Å². The molecule has 0 unspecified atom stereocenters. The van der Waals surface area contributed by atoms with Gasteiger partial charge in [-0.15, -0.1) is 0 Å². The van der Waals surface area contributed by atoms with E-state index in [-0.39, 0.29) is 0 Å². The van der Waals surface area contributed by atoms with Crippen LogP contribution in [0.1, 0.15) is 12.6 Å². The third-order valence-corrected chi connectivity index (χ3v) is 1.86. The first-order chi connectivity index (χ1) is 6.20.